The summed E-state index contributed by atoms with van der Waals surface area (Å²) in [6.07, 6.45) is 0.456. The molecule has 1 rings (SSSR count). The average Bonchev–Trinajstić information content (AvgIpc) is 2.26. The molecule has 0 bridgehead atoms. The molecular formula is C10H7NO3S. The lowest BCUT2D eigenvalue weighted by molar-refractivity contribution is 0.0598. The highest BCUT2D eigenvalue weighted by molar-refractivity contribution is 7.80. The summed E-state index contributed by atoms with van der Waals surface area (Å²) < 4.78 is 4.49. The Morgan fingerprint density at radius 1 is 1.60 bits per heavy atom. The minimum atomic E-state index is -0.663. The molecule has 0 aliphatic rings. The van der Waals surface area contributed by atoms with Crippen LogP contribution in [0.4, 0.5) is 0 Å². The second kappa shape index (κ2) is 4.62. The van der Waals surface area contributed by atoms with Crippen molar-refractivity contribution >= 4 is 24.9 Å². The Bertz CT molecular complexity index is 462. The monoisotopic (exact) mass is 221 g/mol. The van der Waals surface area contributed by atoms with Crippen LogP contribution in [0.5, 0.6) is 0 Å². The van der Waals surface area contributed by atoms with Crippen LogP contribution in [0.15, 0.2) is 17.0 Å². The van der Waals surface area contributed by atoms with Gasteiger partial charge in [0.05, 0.1) is 24.3 Å². The normalized spacial score (nSPS) is 9.13. The minimum Gasteiger partial charge on any atom is -0.465 e. The number of nitrogens with zero attached hydrogens (tertiary/aromatic N) is 1. The van der Waals surface area contributed by atoms with Crippen molar-refractivity contribution in [2.75, 3.05) is 7.11 Å². The molecule has 0 amide bonds. The molecule has 1 aromatic carbocycles. The maximum absolute atomic E-state index is 11.3. The van der Waals surface area contributed by atoms with E-state index in [4.69, 9.17) is 5.26 Å². The number of nitriles is 1. The number of carbonyl (C=O) groups excluding carboxylic acids is 2. The van der Waals surface area contributed by atoms with E-state index in [0.29, 0.717) is 11.2 Å². The first kappa shape index (κ1) is 11.3. The highest BCUT2D eigenvalue weighted by Crippen LogP contribution is 2.19. The second-order valence-corrected chi connectivity index (χ2v) is 3.19. The lowest BCUT2D eigenvalue weighted by Gasteiger charge is -2.05. The van der Waals surface area contributed by atoms with Gasteiger partial charge in [0.1, 0.15) is 0 Å². The van der Waals surface area contributed by atoms with Gasteiger partial charge >= 0.3 is 5.97 Å². The number of hydrogen-bond acceptors (Lipinski definition) is 5. The molecule has 0 heterocycles. The Labute approximate surface area is 91.9 Å². The molecule has 4 nitrogen and oxygen atoms in total. The van der Waals surface area contributed by atoms with Crippen molar-refractivity contribution in [2.24, 2.45) is 0 Å². The number of carbonyl (C=O) groups is 2. The number of hydrogen-bond donors (Lipinski definition) is 1. The fourth-order valence-corrected chi connectivity index (χ4v) is 1.39. The fourth-order valence-electron chi connectivity index (χ4n) is 1.14. The summed E-state index contributed by atoms with van der Waals surface area (Å²) in [4.78, 5) is 22.5. The molecule has 1 aromatic rings. The van der Waals surface area contributed by atoms with E-state index in [9.17, 15) is 9.59 Å². The van der Waals surface area contributed by atoms with Gasteiger partial charge in [0.15, 0.2) is 6.29 Å². The Kier molecular flexibility index (Phi) is 3.47. The molecule has 0 saturated carbocycles. The third kappa shape index (κ3) is 2.17. The summed E-state index contributed by atoms with van der Waals surface area (Å²) in [5, 5.41) is 8.76. The van der Waals surface area contributed by atoms with E-state index < -0.39 is 5.97 Å². The first-order valence-electron chi connectivity index (χ1n) is 3.94. The van der Waals surface area contributed by atoms with Crippen LogP contribution >= 0.6 is 12.6 Å². The second-order valence-electron chi connectivity index (χ2n) is 2.68. The molecule has 0 aliphatic heterocycles. The topological polar surface area (TPSA) is 67.2 Å². The first-order valence-corrected chi connectivity index (χ1v) is 4.39. The lowest BCUT2D eigenvalue weighted by Crippen LogP contribution is -2.07. The number of aldehydes is 1. The van der Waals surface area contributed by atoms with Gasteiger partial charge < -0.3 is 4.74 Å². The van der Waals surface area contributed by atoms with Crippen LogP contribution in [-0.4, -0.2) is 19.4 Å². The zero-order chi connectivity index (χ0) is 11.4. The van der Waals surface area contributed by atoms with Crippen LogP contribution in [-0.2, 0) is 4.74 Å². The van der Waals surface area contributed by atoms with E-state index in [0.717, 1.165) is 0 Å². The average molecular weight is 221 g/mol. The smallest absolute Gasteiger partial charge is 0.338 e. The zero-order valence-electron chi connectivity index (χ0n) is 7.85. The third-order valence-electron chi connectivity index (χ3n) is 1.81. The Morgan fingerprint density at radius 2 is 2.27 bits per heavy atom. The fraction of sp³-hybridized carbons (Fsp3) is 0.100. The van der Waals surface area contributed by atoms with Crippen LogP contribution in [0.3, 0.4) is 0 Å². The SMILES string of the molecule is COC(=O)c1cc(S)cc(C#N)c1C=O. The molecule has 0 aromatic heterocycles. The molecule has 0 aliphatic carbocycles. The number of thiol groups is 1. The third-order valence-corrected chi connectivity index (χ3v) is 2.07. The molecule has 0 saturated heterocycles. The molecule has 0 fully saturated rings. The van der Waals surface area contributed by atoms with E-state index in [1.807, 2.05) is 6.07 Å². The summed E-state index contributed by atoms with van der Waals surface area (Å²) in [5.41, 5.74) is 0.191. The summed E-state index contributed by atoms with van der Waals surface area (Å²) >= 11 is 4.02. The Morgan fingerprint density at radius 3 is 2.73 bits per heavy atom. The largest absolute Gasteiger partial charge is 0.465 e. The van der Waals surface area contributed by atoms with Gasteiger partial charge in [0.2, 0.25) is 0 Å². The quantitative estimate of drug-likeness (QED) is 0.466. The summed E-state index contributed by atoms with van der Waals surface area (Å²) in [6.45, 7) is 0. The van der Waals surface area contributed by atoms with Gasteiger partial charge in [-0.05, 0) is 12.1 Å². The van der Waals surface area contributed by atoms with Crippen LogP contribution in [0.1, 0.15) is 26.3 Å². The summed E-state index contributed by atoms with van der Waals surface area (Å²) in [7, 11) is 1.20. The summed E-state index contributed by atoms with van der Waals surface area (Å²) in [6, 6.07) is 4.62. The predicted molar refractivity (Wildman–Crippen MR) is 55.1 cm³/mol. The summed E-state index contributed by atoms with van der Waals surface area (Å²) in [5.74, 6) is -0.663. The Hall–Kier alpha value is -1.80. The van der Waals surface area contributed by atoms with Crippen molar-refractivity contribution in [3.05, 3.63) is 28.8 Å². The van der Waals surface area contributed by atoms with Crippen LogP contribution in [0, 0.1) is 11.3 Å². The molecule has 0 radical (unpaired) electrons. The van der Waals surface area contributed by atoms with Crippen LogP contribution in [0.25, 0.3) is 0 Å². The van der Waals surface area contributed by atoms with Gasteiger partial charge in [0.25, 0.3) is 0 Å². The van der Waals surface area contributed by atoms with E-state index in [1.165, 1.54) is 19.2 Å². The van der Waals surface area contributed by atoms with Crippen molar-refractivity contribution in [3.63, 3.8) is 0 Å². The van der Waals surface area contributed by atoms with Crippen molar-refractivity contribution in [1.82, 2.24) is 0 Å². The van der Waals surface area contributed by atoms with Crippen molar-refractivity contribution in [3.8, 4) is 6.07 Å². The van der Waals surface area contributed by atoms with Gasteiger partial charge in [-0.25, -0.2) is 4.79 Å². The number of ether oxygens (including phenoxy) is 1. The van der Waals surface area contributed by atoms with Gasteiger partial charge in [-0.1, -0.05) is 0 Å². The Balaban J connectivity index is 3.50. The molecule has 0 unspecified atom stereocenters. The predicted octanol–water partition coefficient (Wildman–Crippen LogP) is 1.45. The molecular weight excluding hydrogens is 214 g/mol. The van der Waals surface area contributed by atoms with E-state index in [-0.39, 0.29) is 16.7 Å². The van der Waals surface area contributed by atoms with Crippen molar-refractivity contribution < 1.29 is 14.3 Å². The van der Waals surface area contributed by atoms with E-state index in [2.05, 4.69) is 17.4 Å². The van der Waals surface area contributed by atoms with Gasteiger partial charge in [0, 0.05) is 10.5 Å². The zero-order valence-corrected chi connectivity index (χ0v) is 8.75. The molecule has 5 heteroatoms. The van der Waals surface area contributed by atoms with Gasteiger partial charge in [-0.2, -0.15) is 5.26 Å². The maximum Gasteiger partial charge on any atom is 0.338 e. The molecule has 0 atom stereocenters. The lowest BCUT2D eigenvalue weighted by atomic mass is 10.0. The first-order chi connectivity index (χ1) is 7.13. The van der Waals surface area contributed by atoms with Crippen molar-refractivity contribution in [1.29, 1.82) is 5.26 Å². The molecule has 76 valence electrons. The van der Waals surface area contributed by atoms with E-state index >= 15 is 0 Å². The maximum atomic E-state index is 11.3. The minimum absolute atomic E-state index is 0.0298. The number of rotatable bonds is 2. The van der Waals surface area contributed by atoms with Crippen LogP contribution < -0.4 is 0 Å². The number of esters is 1. The highest BCUT2D eigenvalue weighted by atomic mass is 32.1. The van der Waals surface area contributed by atoms with Crippen molar-refractivity contribution in [2.45, 2.75) is 4.90 Å². The number of methoxy groups -OCH3 is 1. The number of benzene rings is 1. The van der Waals surface area contributed by atoms with E-state index in [1.54, 1.807) is 0 Å². The molecule has 0 N–H and O–H groups in total. The van der Waals surface area contributed by atoms with Gasteiger partial charge in [-0.3, -0.25) is 4.79 Å². The van der Waals surface area contributed by atoms with Crippen LogP contribution in [0.2, 0.25) is 0 Å². The standard InChI is InChI=1S/C10H7NO3S/c1-14-10(13)8-3-7(15)2-6(4-11)9(8)5-12/h2-3,5,15H,1H3. The molecule has 15 heavy (non-hydrogen) atoms. The molecule has 0 spiro atoms. The van der Waals surface area contributed by atoms with Gasteiger partial charge in [-0.15, -0.1) is 12.6 Å². The highest BCUT2D eigenvalue weighted by Gasteiger charge is 2.15.